The molecule has 0 spiro atoms. The normalized spacial score (nSPS) is 20.7. The number of hydrogen-bond donors (Lipinski definition) is 3. The van der Waals surface area contributed by atoms with E-state index in [4.69, 9.17) is 5.11 Å². The highest BCUT2D eigenvalue weighted by Crippen LogP contribution is 2.22. The van der Waals surface area contributed by atoms with E-state index < -0.39 is 0 Å². The fourth-order valence-electron chi connectivity index (χ4n) is 2.11. The minimum absolute atomic E-state index is 0.200. The molecule has 0 aromatic heterocycles. The highest BCUT2D eigenvalue weighted by atomic mass is 16.3. The van der Waals surface area contributed by atoms with Gasteiger partial charge in [0.2, 0.25) is 0 Å². The summed E-state index contributed by atoms with van der Waals surface area (Å²) in [5.74, 6) is 0. The standard InChI is InChI=1S/C12H18N2O/c15-8-7-14-12-5-6-13-9-10-3-1-2-4-11(10)12/h1-4,12-15H,5-9H2. The van der Waals surface area contributed by atoms with Crippen LogP contribution in [0.5, 0.6) is 0 Å². The van der Waals surface area contributed by atoms with E-state index in [1.807, 2.05) is 0 Å². The lowest BCUT2D eigenvalue weighted by Crippen LogP contribution is -2.25. The predicted molar refractivity (Wildman–Crippen MR) is 60.6 cm³/mol. The molecule has 0 saturated carbocycles. The highest BCUT2D eigenvalue weighted by Gasteiger charge is 2.16. The monoisotopic (exact) mass is 206 g/mol. The summed E-state index contributed by atoms with van der Waals surface area (Å²) in [6.07, 6.45) is 1.08. The Morgan fingerprint density at radius 1 is 1.40 bits per heavy atom. The summed E-state index contributed by atoms with van der Waals surface area (Å²) in [5, 5.41) is 15.6. The lowest BCUT2D eigenvalue weighted by atomic mass is 9.99. The fourth-order valence-corrected chi connectivity index (χ4v) is 2.11. The van der Waals surface area contributed by atoms with Crippen molar-refractivity contribution in [1.82, 2.24) is 10.6 Å². The molecular weight excluding hydrogens is 188 g/mol. The van der Waals surface area contributed by atoms with E-state index in [2.05, 4.69) is 34.9 Å². The Labute approximate surface area is 90.5 Å². The van der Waals surface area contributed by atoms with E-state index in [0.29, 0.717) is 12.6 Å². The van der Waals surface area contributed by atoms with Gasteiger partial charge in [-0.2, -0.15) is 0 Å². The minimum atomic E-state index is 0.200. The lowest BCUT2D eigenvalue weighted by molar-refractivity contribution is 0.283. The van der Waals surface area contributed by atoms with Crippen molar-refractivity contribution in [2.24, 2.45) is 0 Å². The van der Waals surface area contributed by atoms with Crippen molar-refractivity contribution in [2.45, 2.75) is 19.0 Å². The van der Waals surface area contributed by atoms with Crippen molar-refractivity contribution in [2.75, 3.05) is 19.7 Å². The second kappa shape index (κ2) is 5.26. The van der Waals surface area contributed by atoms with Crippen LogP contribution in [0.25, 0.3) is 0 Å². The van der Waals surface area contributed by atoms with Crippen LogP contribution in [-0.2, 0) is 6.54 Å². The summed E-state index contributed by atoms with van der Waals surface area (Å²) in [5.41, 5.74) is 2.74. The third-order valence-electron chi connectivity index (χ3n) is 2.86. The van der Waals surface area contributed by atoms with E-state index in [9.17, 15) is 0 Å². The molecule has 3 heteroatoms. The van der Waals surface area contributed by atoms with Gasteiger partial charge in [-0.15, -0.1) is 0 Å². The van der Waals surface area contributed by atoms with E-state index >= 15 is 0 Å². The lowest BCUT2D eigenvalue weighted by Gasteiger charge is -2.18. The van der Waals surface area contributed by atoms with Gasteiger partial charge in [0.15, 0.2) is 0 Å². The molecule has 15 heavy (non-hydrogen) atoms. The smallest absolute Gasteiger partial charge is 0.0556 e. The minimum Gasteiger partial charge on any atom is -0.395 e. The first-order chi connectivity index (χ1) is 7.42. The van der Waals surface area contributed by atoms with E-state index in [-0.39, 0.29) is 6.61 Å². The average molecular weight is 206 g/mol. The topological polar surface area (TPSA) is 44.3 Å². The number of nitrogens with one attached hydrogen (secondary N) is 2. The van der Waals surface area contributed by atoms with Gasteiger partial charge in [-0.05, 0) is 24.1 Å². The SMILES string of the molecule is OCCNC1CCNCc2ccccc21. The molecule has 0 amide bonds. The van der Waals surface area contributed by atoms with Crippen LogP contribution in [-0.4, -0.2) is 24.8 Å². The molecule has 1 aliphatic rings. The third kappa shape index (κ3) is 2.56. The average Bonchev–Trinajstić information content (AvgIpc) is 2.49. The molecule has 1 heterocycles. The van der Waals surface area contributed by atoms with E-state index in [1.54, 1.807) is 0 Å². The van der Waals surface area contributed by atoms with Crippen LogP contribution in [0.15, 0.2) is 24.3 Å². The predicted octanol–water partition coefficient (Wildman–Crippen LogP) is 0.803. The maximum absolute atomic E-state index is 8.84. The largest absolute Gasteiger partial charge is 0.395 e. The zero-order valence-corrected chi connectivity index (χ0v) is 8.87. The Kier molecular flexibility index (Phi) is 3.72. The second-order valence-corrected chi connectivity index (χ2v) is 3.89. The van der Waals surface area contributed by atoms with Gasteiger partial charge >= 0.3 is 0 Å². The van der Waals surface area contributed by atoms with Gasteiger partial charge in [0, 0.05) is 19.1 Å². The zero-order chi connectivity index (χ0) is 10.5. The summed E-state index contributed by atoms with van der Waals surface area (Å²) in [6.45, 7) is 2.84. The first kappa shape index (κ1) is 10.6. The molecule has 0 saturated heterocycles. The Balaban J connectivity index is 2.17. The van der Waals surface area contributed by atoms with Gasteiger partial charge in [-0.3, -0.25) is 0 Å². The van der Waals surface area contributed by atoms with Crippen LogP contribution in [0.2, 0.25) is 0 Å². The molecule has 3 N–H and O–H groups in total. The third-order valence-corrected chi connectivity index (χ3v) is 2.86. The maximum atomic E-state index is 8.84. The van der Waals surface area contributed by atoms with Crippen molar-refractivity contribution in [1.29, 1.82) is 0 Å². The number of fused-ring (bicyclic) bond motifs is 1. The molecule has 82 valence electrons. The van der Waals surface area contributed by atoms with Crippen molar-refractivity contribution < 1.29 is 5.11 Å². The van der Waals surface area contributed by atoms with Gasteiger partial charge in [-0.1, -0.05) is 24.3 Å². The molecule has 1 aromatic rings. The van der Waals surface area contributed by atoms with Crippen molar-refractivity contribution in [3.63, 3.8) is 0 Å². The summed E-state index contributed by atoms with van der Waals surface area (Å²) >= 11 is 0. The molecule has 2 rings (SSSR count). The Hall–Kier alpha value is -0.900. The van der Waals surface area contributed by atoms with Gasteiger partial charge in [-0.25, -0.2) is 0 Å². The molecule has 1 aliphatic heterocycles. The molecule has 0 radical (unpaired) electrons. The van der Waals surface area contributed by atoms with Crippen LogP contribution in [0.1, 0.15) is 23.6 Å². The zero-order valence-electron chi connectivity index (χ0n) is 8.87. The maximum Gasteiger partial charge on any atom is 0.0556 e. The summed E-state index contributed by atoms with van der Waals surface area (Å²) < 4.78 is 0. The fraction of sp³-hybridized carbons (Fsp3) is 0.500. The van der Waals surface area contributed by atoms with Gasteiger partial charge < -0.3 is 15.7 Å². The van der Waals surface area contributed by atoms with Crippen LogP contribution >= 0.6 is 0 Å². The Bertz CT molecular complexity index is 314. The van der Waals surface area contributed by atoms with Gasteiger partial charge in [0.05, 0.1) is 6.61 Å². The Morgan fingerprint density at radius 3 is 3.13 bits per heavy atom. The number of aliphatic hydroxyl groups is 1. The van der Waals surface area contributed by atoms with Crippen molar-refractivity contribution in [3.05, 3.63) is 35.4 Å². The molecule has 0 bridgehead atoms. The molecule has 0 fully saturated rings. The molecule has 1 atom stereocenters. The molecule has 1 unspecified atom stereocenters. The molecule has 3 nitrogen and oxygen atoms in total. The van der Waals surface area contributed by atoms with E-state index in [1.165, 1.54) is 11.1 Å². The molecule has 1 aromatic carbocycles. The highest BCUT2D eigenvalue weighted by molar-refractivity contribution is 5.30. The van der Waals surface area contributed by atoms with Crippen molar-refractivity contribution in [3.8, 4) is 0 Å². The Morgan fingerprint density at radius 2 is 2.27 bits per heavy atom. The molecular formula is C12H18N2O. The number of aliphatic hydroxyl groups excluding tert-OH is 1. The van der Waals surface area contributed by atoms with Crippen LogP contribution in [0.4, 0.5) is 0 Å². The first-order valence-corrected chi connectivity index (χ1v) is 5.54. The molecule has 0 aliphatic carbocycles. The summed E-state index contributed by atoms with van der Waals surface area (Å²) in [6, 6.07) is 8.88. The van der Waals surface area contributed by atoms with Crippen LogP contribution < -0.4 is 10.6 Å². The van der Waals surface area contributed by atoms with E-state index in [0.717, 1.165) is 19.5 Å². The van der Waals surface area contributed by atoms with Crippen LogP contribution in [0, 0.1) is 0 Å². The number of benzene rings is 1. The second-order valence-electron chi connectivity index (χ2n) is 3.89. The van der Waals surface area contributed by atoms with Crippen LogP contribution in [0.3, 0.4) is 0 Å². The van der Waals surface area contributed by atoms with Gasteiger partial charge in [0.25, 0.3) is 0 Å². The first-order valence-electron chi connectivity index (χ1n) is 5.54. The summed E-state index contributed by atoms with van der Waals surface area (Å²) in [7, 11) is 0. The van der Waals surface area contributed by atoms with Gasteiger partial charge in [0.1, 0.15) is 0 Å². The summed E-state index contributed by atoms with van der Waals surface area (Å²) in [4.78, 5) is 0. The van der Waals surface area contributed by atoms with Crippen molar-refractivity contribution >= 4 is 0 Å². The quantitative estimate of drug-likeness (QED) is 0.685. The number of rotatable bonds is 3. The number of hydrogen-bond acceptors (Lipinski definition) is 3.